The van der Waals surface area contributed by atoms with Crippen molar-refractivity contribution >= 4 is 5.97 Å². The molecule has 2 aliphatic rings. The Morgan fingerprint density at radius 1 is 1.42 bits per heavy atom. The van der Waals surface area contributed by atoms with Gasteiger partial charge >= 0.3 is 5.97 Å². The first-order chi connectivity index (χ1) is 11.3. The minimum Gasteiger partial charge on any atom is -0.466 e. The standard InChI is InChI=1S/C21H34O3/c1-15(13-19(23)24-5)7-9-17-16(2)8-10-18-20(3,14-22)11-6-12-21(17,18)4/h13,17-18,22H,2,6-12,14H2,1,3-5H3/b15-13+/t17-,18-,20-,21+/m0/s1. The molecule has 0 spiro atoms. The minimum absolute atomic E-state index is 0.0445. The van der Waals surface area contributed by atoms with Crippen LogP contribution in [-0.4, -0.2) is 24.8 Å². The van der Waals surface area contributed by atoms with Gasteiger partial charge in [-0.25, -0.2) is 4.79 Å². The van der Waals surface area contributed by atoms with E-state index in [1.165, 1.54) is 25.5 Å². The number of rotatable bonds is 5. The van der Waals surface area contributed by atoms with Crippen molar-refractivity contribution in [1.29, 1.82) is 0 Å². The first kappa shape index (κ1) is 19.2. The van der Waals surface area contributed by atoms with Gasteiger partial charge in [0.05, 0.1) is 7.11 Å². The summed E-state index contributed by atoms with van der Waals surface area (Å²) >= 11 is 0. The third kappa shape index (κ3) is 3.61. The molecule has 2 fully saturated rings. The second kappa shape index (κ2) is 7.43. The zero-order chi connectivity index (χ0) is 18.0. The lowest BCUT2D eigenvalue weighted by Crippen LogP contribution is -2.51. The molecule has 0 unspecified atom stereocenters. The van der Waals surface area contributed by atoms with E-state index in [4.69, 9.17) is 4.74 Å². The van der Waals surface area contributed by atoms with Crippen molar-refractivity contribution in [2.24, 2.45) is 22.7 Å². The van der Waals surface area contributed by atoms with E-state index in [9.17, 15) is 9.90 Å². The van der Waals surface area contributed by atoms with Crippen molar-refractivity contribution in [2.45, 2.75) is 65.7 Å². The first-order valence-electron chi connectivity index (χ1n) is 9.30. The monoisotopic (exact) mass is 334 g/mol. The normalized spacial score (nSPS) is 37.0. The Labute approximate surface area is 147 Å². The van der Waals surface area contributed by atoms with Gasteiger partial charge in [-0.05, 0) is 68.1 Å². The Bertz CT molecular complexity index is 521. The van der Waals surface area contributed by atoms with Gasteiger partial charge in [0.25, 0.3) is 0 Å². The second-order valence-corrected chi connectivity index (χ2v) is 8.53. The number of fused-ring (bicyclic) bond motifs is 1. The molecule has 0 heterocycles. The summed E-state index contributed by atoms with van der Waals surface area (Å²) in [5.41, 5.74) is 2.70. The maximum absolute atomic E-state index is 11.4. The van der Waals surface area contributed by atoms with Gasteiger partial charge in [-0.3, -0.25) is 0 Å². The van der Waals surface area contributed by atoms with Crippen molar-refractivity contribution in [1.82, 2.24) is 0 Å². The fraction of sp³-hybridized carbons (Fsp3) is 0.762. The van der Waals surface area contributed by atoms with E-state index in [-0.39, 0.29) is 23.4 Å². The Hall–Kier alpha value is -1.09. The molecule has 0 aromatic rings. The third-order valence-electron chi connectivity index (χ3n) is 6.90. The topological polar surface area (TPSA) is 46.5 Å². The SMILES string of the molecule is C=C1CC[C@H]2[C@](C)(CO)CCC[C@]2(C)[C@H]1CC/C(C)=C/C(=O)OC. The van der Waals surface area contributed by atoms with Crippen LogP contribution in [0.5, 0.6) is 0 Å². The van der Waals surface area contributed by atoms with Crippen LogP contribution in [-0.2, 0) is 9.53 Å². The zero-order valence-electron chi connectivity index (χ0n) is 15.9. The van der Waals surface area contributed by atoms with Gasteiger partial charge < -0.3 is 9.84 Å². The number of allylic oxidation sites excluding steroid dienone is 2. The smallest absolute Gasteiger partial charge is 0.330 e. The molecule has 0 bridgehead atoms. The number of carbonyl (C=O) groups excluding carboxylic acids is 1. The van der Waals surface area contributed by atoms with E-state index < -0.39 is 0 Å². The minimum atomic E-state index is -0.274. The van der Waals surface area contributed by atoms with Crippen LogP contribution < -0.4 is 0 Å². The molecule has 4 atom stereocenters. The highest BCUT2D eigenvalue weighted by molar-refractivity contribution is 5.82. The molecule has 136 valence electrons. The van der Waals surface area contributed by atoms with Crippen molar-refractivity contribution in [2.75, 3.05) is 13.7 Å². The quantitative estimate of drug-likeness (QED) is 0.452. The van der Waals surface area contributed by atoms with Crippen molar-refractivity contribution in [3.05, 3.63) is 23.8 Å². The number of hydrogen-bond acceptors (Lipinski definition) is 3. The molecule has 0 aromatic heterocycles. The lowest BCUT2D eigenvalue weighted by Gasteiger charge is -2.58. The highest BCUT2D eigenvalue weighted by atomic mass is 16.5. The van der Waals surface area contributed by atoms with Crippen LogP contribution in [0.15, 0.2) is 23.8 Å². The number of esters is 1. The molecule has 0 amide bonds. The van der Waals surface area contributed by atoms with Crippen molar-refractivity contribution in [3.63, 3.8) is 0 Å². The predicted molar refractivity (Wildman–Crippen MR) is 97.5 cm³/mol. The largest absolute Gasteiger partial charge is 0.466 e. The average Bonchev–Trinajstić information content (AvgIpc) is 2.53. The number of hydrogen-bond donors (Lipinski definition) is 1. The molecule has 3 nitrogen and oxygen atoms in total. The molecule has 0 aromatic carbocycles. The number of aliphatic hydroxyl groups is 1. The van der Waals surface area contributed by atoms with Crippen molar-refractivity contribution < 1.29 is 14.6 Å². The van der Waals surface area contributed by atoms with Crippen LogP contribution in [0, 0.1) is 22.7 Å². The highest BCUT2D eigenvalue weighted by Crippen LogP contribution is 2.61. The molecular formula is C21H34O3. The summed E-state index contributed by atoms with van der Waals surface area (Å²) < 4.78 is 4.72. The summed E-state index contributed by atoms with van der Waals surface area (Å²) in [5, 5.41) is 10.0. The van der Waals surface area contributed by atoms with Crippen LogP contribution in [0.1, 0.15) is 65.7 Å². The summed E-state index contributed by atoms with van der Waals surface area (Å²) in [4.78, 5) is 11.4. The highest BCUT2D eigenvalue weighted by Gasteiger charge is 2.53. The van der Waals surface area contributed by atoms with Gasteiger partial charge in [-0.1, -0.05) is 38.0 Å². The van der Waals surface area contributed by atoms with Crippen LogP contribution in [0.3, 0.4) is 0 Å². The van der Waals surface area contributed by atoms with Crippen molar-refractivity contribution in [3.8, 4) is 0 Å². The van der Waals surface area contributed by atoms with Gasteiger partial charge in [-0.2, -0.15) is 0 Å². The van der Waals surface area contributed by atoms with Gasteiger partial charge in [0, 0.05) is 12.7 Å². The van der Waals surface area contributed by atoms with E-state index in [0.717, 1.165) is 37.7 Å². The van der Waals surface area contributed by atoms with Gasteiger partial charge in [0.2, 0.25) is 0 Å². The lowest BCUT2D eigenvalue weighted by atomic mass is 9.47. The summed E-state index contributed by atoms with van der Waals surface area (Å²) in [6.07, 6.45) is 9.29. The Kier molecular flexibility index (Phi) is 5.95. The Morgan fingerprint density at radius 2 is 2.12 bits per heavy atom. The number of ether oxygens (including phenoxy) is 1. The second-order valence-electron chi connectivity index (χ2n) is 8.53. The molecule has 1 N–H and O–H groups in total. The van der Waals surface area contributed by atoms with Crippen LogP contribution in [0.4, 0.5) is 0 Å². The lowest BCUT2D eigenvalue weighted by molar-refractivity contribution is -0.134. The fourth-order valence-electron chi connectivity index (χ4n) is 5.51. The van der Waals surface area contributed by atoms with Gasteiger partial charge in [0.15, 0.2) is 0 Å². The number of aliphatic hydroxyl groups excluding tert-OH is 1. The van der Waals surface area contributed by atoms with Crippen LogP contribution in [0.25, 0.3) is 0 Å². The summed E-state index contributed by atoms with van der Waals surface area (Å²) in [7, 11) is 1.42. The zero-order valence-corrected chi connectivity index (χ0v) is 15.9. The predicted octanol–water partition coefficient (Wildman–Crippen LogP) is 4.66. The molecule has 0 aliphatic heterocycles. The average molecular weight is 334 g/mol. The molecule has 2 aliphatic carbocycles. The maximum atomic E-state index is 11.4. The van der Waals surface area contributed by atoms with Crippen LogP contribution in [0.2, 0.25) is 0 Å². The van der Waals surface area contributed by atoms with E-state index >= 15 is 0 Å². The van der Waals surface area contributed by atoms with E-state index in [1.807, 2.05) is 6.92 Å². The number of methoxy groups -OCH3 is 1. The first-order valence-corrected chi connectivity index (χ1v) is 9.30. The van der Waals surface area contributed by atoms with Crippen LogP contribution >= 0.6 is 0 Å². The molecular weight excluding hydrogens is 300 g/mol. The maximum Gasteiger partial charge on any atom is 0.330 e. The van der Waals surface area contributed by atoms with E-state index in [2.05, 4.69) is 20.4 Å². The molecule has 2 saturated carbocycles. The van der Waals surface area contributed by atoms with Gasteiger partial charge in [0.1, 0.15) is 0 Å². The van der Waals surface area contributed by atoms with E-state index in [0.29, 0.717) is 11.8 Å². The summed E-state index contributed by atoms with van der Waals surface area (Å²) in [6, 6.07) is 0. The molecule has 2 rings (SSSR count). The Morgan fingerprint density at radius 3 is 2.75 bits per heavy atom. The molecule has 0 saturated heterocycles. The fourth-order valence-corrected chi connectivity index (χ4v) is 5.51. The van der Waals surface area contributed by atoms with E-state index in [1.54, 1.807) is 6.08 Å². The molecule has 0 radical (unpaired) electrons. The third-order valence-corrected chi connectivity index (χ3v) is 6.90. The number of carbonyl (C=O) groups is 1. The Balaban J connectivity index is 2.17. The molecule has 3 heteroatoms. The van der Waals surface area contributed by atoms with Gasteiger partial charge in [-0.15, -0.1) is 0 Å². The summed E-state index contributed by atoms with van der Waals surface area (Å²) in [6.45, 7) is 11.4. The summed E-state index contributed by atoms with van der Waals surface area (Å²) in [5.74, 6) is 0.761. The molecule has 24 heavy (non-hydrogen) atoms.